The van der Waals surface area contributed by atoms with E-state index < -0.39 is 10.0 Å². The first kappa shape index (κ1) is 26.2. The predicted octanol–water partition coefficient (Wildman–Crippen LogP) is 5.35. The molecule has 1 fully saturated rings. The highest BCUT2D eigenvalue weighted by molar-refractivity contribution is 7.89. The van der Waals surface area contributed by atoms with E-state index in [1.165, 1.54) is 10.4 Å². The van der Waals surface area contributed by atoms with Crippen molar-refractivity contribution in [2.75, 3.05) is 20.2 Å². The fourth-order valence-corrected chi connectivity index (χ4v) is 6.04. The monoisotopic (exact) mass is 486 g/mol. The van der Waals surface area contributed by atoms with Crippen molar-refractivity contribution in [3.8, 4) is 5.75 Å². The molecule has 0 bridgehead atoms. The SMILES string of the molecule is COc1cc(C)c([C@H](C)NC(=O)c2cc(S(=O)(=O)N3CCC(C)CC3)ccc2C)cc1C(C)C. The second kappa shape index (κ2) is 10.5. The number of ether oxygens (including phenoxy) is 1. The van der Waals surface area contributed by atoms with Crippen LogP contribution in [0.2, 0.25) is 0 Å². The maximum atomic E-state index is 13.3. The average molecular weight is 487 g/mol. The Labute approximate surface area is 204 Å². The molecule has 1 aliphatic rings. The van der Waals surface area contributed by atoms with Crippen LogP contribution in [0, 0.1) is 19.8 Å². The Morgan fingerprint density at radius 3 is 2.26 bits per heavy atom. The molecule has 186 valence electrons. The van der Waals surface area contributed by atoms with Crippen LogP contribution in [0.15, 0.2) is 35.2 Å². The summed E-state index contributed by atoms with van der Waals surface area (Å²) >= 11 is 0. The molecule has 7 heteroatoms. The van der Waals surface area contributed by atoms with Crippen molar-refractivity contribution >= 4 is 15.9 Å². The van der Waals surface area contributed by atoms with Gasteiger partial charge in [0.2, 0.25) is 10.0 Å². The van der Waals surface area contributed by atoms with E-state index in [0.29, 0.717) is 24.6 Å². The van der Waals surface area contributed by atoms with Crippen molar-refractivity contribution in [2.45, 2.75) is 71.2 Å². The summed E-state index contributed by atoms with van der Waals surface area (Å²) in [4.78, 5) is 13.4. The van der Waals surface area contributed by atoms with Gasteiger partial charge in [0.05, 0.1) is 18.0 Å². The van der Waals surface area contributed by atoms with Crippen LogP contribution in [0.5, 0.6) is 5.75 Å². The largest absolute Gasteiger partial charge is 0.496 e. The second-order valence-electron chi connectivity index (χ2n) is 9.86. The van der Waals surface area contributed by atoms with Crippen molar-refractivity contribution in [1.82, 2.24) is 9.62 Å². The summed E-state index contributed by atoms with van der Waals surface area (Å²) in [5.74, 6) is 1.37. The molecule has 1 amide bonds. The Morgan fingerprint density at radius 1 is 1.03 bits per heavy atom. The van der Waals surface area contributed by atoms with Crippen LogP contribution in [0.3, 0.4) is 0 Å². The lowest BCUT2D eigenvalue weighted by molar-refractivity contribution is 0.0939. The van der Waals surface area contributed by atoms with Crippen LogP contribution >= 0.6 is 0 Å². The Bertz CT molecular complexity index is 1150. The standard InChI is InChI=1S/C27H38N2O4S/c1-17(2)23-16-24(20(5)14-26(23)33-7)21(6)28-27(30)25-15-22(9-8-19(25)4)34(31,32)29-12-10-18(3)11-13-29/h8-9,14-18,21H,10-13H2,1-7H3,(H,28,30)/t21-/m0/s1. The number of piperidine rings is 1. The molecule has 2 aromatic rings. The number of methoxy groups -OCH3 is 1. The molecule has 0 aromatic heterocycles. The van der Waals surface area contributed by atoms with E-state index in [4.69, 9.17) is 4.74 Å². The van der Waals surface area contributed by atoms with Crippen LogP contribution in [0.25, 0.3) is 0 Å². The fourth-order valence-electron chi connectivity index (χ4n) is 4.54. The summed E-state index contributed by atoms with van der Waals surface area (Å²) in [5, 5.41) is 3.07. The van der Waals surface area contributed by atoms with E-state index >= 15 is 0 Å². The fraction of sp³-hybridized carbons (Fsp3) is 0.519. The van der Waals surface area contributed by atoms with Crippen LogP contribution in [-0.4, -0.2) is 38.8 Å². The summed E-state index contributed by atoms with van der Waals surface area (Å²) in [6.45, 7) is 13.2. The van der Waals surface area contributed by atoms with Gasteiger partial charge in [0.15, 0.2) is 0 Å². The highest BCUT2D eigenvalue weighted by Gasteiger charge is 2.29. The number of carbonyl (C=O) groups is 1. The smallest absolute Gasteiger partial charge is 0.252 e. The zero-order valence-electron chi connectivity index (χ0n) is 21.4. The van der Waals surface area contributed by atoms with Crippen LogP contribution in [-0.2, 0) is 10.0 Å². The number of hydrogen-bond donors (Lipinski definition) is 1. The lowest BCUT2D eigenvalue weighted by atomic mass is 9.93. The van der Waals surface area contributed by atoms with Gasteiger partial charge in [-0.25, -0.2) is 8.42 Å². The number of nitrogens with one attached hydrogen (secondary N) is 1. The molecule has 0 spiro atoms. The van der Waals surface area contributed by atoms with E-state index in [1.807, 2.05) is 26.8 Å². The van der Waals surface area contributed by atoms with E-state index in [9.17, 15) is 13.2 Å². The molecule has 0 aliphatic carbocycles. The minimum absolute atomic E-state index is 0.174. The Morgan fingerprint density at radius 2 is 1.68 bits per heavy atom. The summed E-state index contributed by atoms with van der Waals surface area (Å²) in [7, 11) is -1.96. The number of amides is 1. The number of benzene rings is 2. The Hall–Kier alpha value is -2.38. The van der Waals surface area contributed by atoms with Gasteiger partial charge in [-0.2, -0.15) is 4.31 Å². The van der Waals surface area contributed by atoms with Crippen LogP contribution < -0.4 is 10.1 Å². The second-order valence-corrected chi connectivity index (χ2v) is 11.8. The minimum atomic E-state index is -3.63. The van der Waals surface area contributed by atoms with E-state index in [0.717, 1.165) is 40.8 Å². The number of sulfonamides is 1. The normalized spacial score (nSPS) is 16.5. The number of aryl methyl sites for hydroxylation is 2. The first-order chi connectivity index (χ1) is 15.9. The maximum Gasteiger partial charge on any atom is 0.252 e. The number of carbonyl (C=O) groups excluding carboxylic acids is 1. The lowest BCUT2D eigenvalue weighted by Crippen LogP contribution is -2.38. The predicted molar refractivity (Wildman–Crippen MR) is 136 cm³/mol. The molecule has 0 unspecified atom stereocenters. The zero-order chi connectivity index (χ0) is 25.2. The summed E-state index contributed by atoms with van der Waals surface area (Å²) in [6, 6.07) is 8.68. The summed E-state index contributed by atoms with van der Waals surface area (Å²) in [6.07, 6.45) is 1.71. The Kier molecular flexibility index (Phi) is 8.09. The van der Waals surface area contributed by atoms with Crippen LogP contribution in [0.4, 0.5) is 0 Å². The zero-order valence-corrected chi connectivity index (χ0v) is 22.3. The van der Waals surface area contributed by atoms with E-state index in [1.54, 1.807) is 19.2 Å². The molecule has 0 radical (unpaired) electrons. The van der Waals surface area contributed by atoms with Crippen molar-refractivity contribution in [3.63, 3.8) is 0 Å². The van der Waals surface area contributed by atoms with Gasteiger partial charge in [-0.15, -0.1) is 0 Å². The highest BCUT2D eigenvalue weighted by atomic mass is 32.2. The maximum absolute atomic E-state index is 13.3. The third kappa shape index (κ3) is 5.47. The van der Waals surface area contributed by atoms with Gasteiger partial charge in [-0.1, -0.05) is 26.8 Å². The quantitative estimate of drug-likeness (QED) is 0.573. The lowest BCUT2D eigenvalue weighted by Gasteiger charge is -2.29. The molecule has 6 nitrogen and oxygen atoms in total. The molecule has 1 aliphatic heterocycles. The molecule has 3 rings (SSSR count). The molecule has 1 atom stereocenters. The van der Waals surface area contributed by atoms with E-state index in [-0.39, 0.29) is 22.8 Å². The molecule has 1 N–H and O–H groups in total. The van der Waals surface area contributed by atoms with Crippen molar-refractivity contribution in [3.05, 3.63) is 58.1 Å². The molecule has 0 saturated carbocycles. The number of hydrogen-bond acceptors (Lipinski definition) is 4. The number of rotatable bonds is 7. The summed E-state index contributed by atoms with van der Waals surface area (Å²) in [5.41, 5.74) is 4.26. The average Bonchev–Trinajstić information content (AvgIpc) is 2.78. The molecule has 1 saturated heterocycles. The van der Waals surface area contributed by atoms with Crippen molar-refractivity contribution in [2.24, 2.45) is 5.92 Å². The Balaban J connectivity index is 1.86. The van der Waals surface area contributed by atoms with Gasteiger partial charge in [0, 0.05) is 18.7 Å². The van der Waals surface area contributed by atoms with Gasteiger partial charge in [-0.05, 0) is 92.0 Å². The van der Waals surface area contributed by atoms with Crippen molar-refractivity contribution < 1.29 is 17.9 Å². The van der Waals surface area contributed by atoms with Gasteiger partial charge >= 0.3 is 0 Å². The molecule has 34 heavy (non-hydrogen) atoms. The third-order valence-corrected chi connectivity index (χ3v) is 8.78. The minimum Gasteiger partial charge on any atom is -0.496 e. The number of nitrogens with zero attached hydrogens (tertiary/aromatic N) is 1. The summed E-state index contributed by atoms with van der Waals surface area (Å²) < 4.78 is 33.5. The van der Waals surface area contributed by atoms with Gasteiger partial charge < -0.3 is 10.1 Å². The third-order valence-electron chi connectivity index (χ3n) is 6.89. The molecular weight excluding hydrogens is 448 g/mol. The molecule has 1 heterocycles. The van der Waals surface area contributed by atoms with Gasteiger partial charge in [0.1, 0.15) is 5.75 Å². The highest BCUT2D eigenvalue weighted by Crippen LogP contribution is 2.32. The first-order valence-electron chi connectivity index (χ1n) is 12.1. The molecular formula is C27H38N2O4S. The van der Waals surface area contributed by atoms with Gasteiger partial charge in [0.25, 0.3) is 5.91 Å². The van der Waals surface area contributed by atoms with Gasteiger partial charge in [-0.3, -0.25) is 4.79 Å². The van der Waals surface area contributed by atoms with E-state index in [2.05, 4.69) is 32.2 Å². The topological polar surface area (TPSA) is 75.7 Å². The van der Waals surface area contributed by atoms with Crippen LogP contribution in [0.1, 0.15) is 85.1 Å². The van der Waals surface area contributed by atoms with Crippen molar-refractivity contribution in [1.29, 1.82) is 0 Å². The first-order valence-corrected chi connectivity index (χ1v) is 13.5. The molecule has 2 aromatic carbocycles.